The van der Waals surface area contributed by atoms with Crippen molar-refractivity contribution >= 4 is 27.6 Å². The van der Waals surface area contributed by atoms with Crippen LogP contribution in [0.25, 0.3) is 0 Å². The summed E-state index contributed by atoms with van der Waals surface area (Å²) in [5.41, 5.74) is 1.25. The summed E-state index contributed by atoms with van der Waals surface area (Å²) in [6.07, 6.45) is 1.78. The van der Waals surface area contributed by atoms with Crippen molar-refractivity contribution in [2.45, 2.75) is 32.2 Å². The number of hydrogen-bond donors (Lipinski definition) is 2. The molecule has 2 saturated heterocycles. The van der Waals surface area contributed by atoms with Gasteiger partial charge in [0.05, 0.1) is 5.75 Å². The summed E-state index contributed by atoms with van der Waals surface area (Å²) in [6.45, 7) is 4.03. The van der Waals surface area contributed by atoms with E-state index in [-0.39, 0.29) is 23.7 Å². The van der Waals surface area contributed by atoms with Gasteiger partial charge in [-0.15, -0.1) is 0 Å². The molecule has 0 saturated carbocycles. The summed E-state index contributed by atoms with van der Waals surface area (Å²) in [6, 6.07) is 6.81. The average Bonchev–Trinajstić information content (AvgIpc) is 3.07. The number of likely N-dealkylation sites (tertiary alicyclic amines) is 1. The van der Waals surface area contributed by atoms with Gasteiger partial charge in [-0.25, -0.2) is 17.9 Å². The molecule has 2 aliphatic heterocycles. The van der Waals surface area contributed by atoms with Crippen LogP contribution in [0.1, 0.15) is 36.5 Å². The molecule has 8 nitrogen and oxygen atoms in total. The van der Waals surface area contributed by atoms with Crippen molar-refractivity contribution in [3.05, 3.63) is 29.8 Å². The molecule has 3 amide bonds. The number of piperidine rings is 1. The summed E-state index contributed by atoms with van der Waals surface area (Å²) in [4.78, 5) is 28.0. The number of carbonyl (C=O) groups excluding carboxylic acids is 2. The summed E-state index contributed by atoms with van der Waals surface area (Å²) in [7, 11) is -3.24. The number of amides is 3. The first-order valence-electron chi connectivity index (χ1n) is 9.34. The van der Waals surface area contributed by atoms with Gasteiger partial charge in [0.1, 0.15) is 0 Å². The van der Waals surface area contributed by atoms with Crippen molar-refractivity contribution in [1.29, 1.82) is 0 Å². The predicted octanol–water partition coefficient (Wildman–Crippen LogP) is 1.15. The molecule has 1 aromatic carbocycles. The molecule has 0 bridgehead atoms. The lowest BCUT2D eigenvalue weighted by Crippen LogP contribution is -2.47. The molecule has 0 atom stereocenters. The third-order valence-corrected chi connectivity index (χ3v) is 6.50. The van der Waals surface area contributed by atoms with Gasteiger partial charge in [-0.1, -0.05) is 13.0 Å². The summed E-state index contributed by atoms with van der Waals surface area (Å²) in [5, 5.41) is 2.75. The van der Waals surface area contributed by atoms with Crippen LogP contribution in [0.15, 0.2) is 24.3 Å². The van der Waals surface area contributed by atoms with E-state index in [1.165, 1.54) is 0 Å². The number of anilines is 1. The zero-order chi connectivity index (χ0) is 19.4. The van der Waals surface area contributed by atoms with E-state index in [1.807, 2.05) is 13.0 Å². The molecule has 27 heavy (non-hydrogen) atoms. The maximum Gasteiger partial charge on any atom is 0.321 e. The van der Waals surface area contributed by atoms with E-state index < -0.39 is 10.0 Å². The van der Waals surface area contributed by atoms with Gasteiger partial charge in [0.2, 0.25) is 10.0 Å². The standard InChI is InChI=1S/C18H26N4O4S/c1-2-12-27(25,26)20-15-6-9-21(10-7-15)17(23)14-4-3-5-16(13-14)22-11-8-19-18(22)24/h3-5,13,15,20H,2,6-12H2,1H3,(H,19,24). The molecule has 2 aliphatic rings. The van der Waals surface area contributed by atoms with E-state index in [9.17, 15) is 18.0 Å². The third kappa shape index (κ3) is 4.78. The first-order valence-corrected chi connectivity index (χ1v) is 11.0. The fourth-order valence-corrected chi connectivity index (χ4v) is 4.89. The fourth-order valence-electron chi connectivity index (χ4n) is 3.49. The number of benzene rings is 1. The Balaban J connectivity index is 1.60. The van der Waals surface area contributed by atoms with Gasteiger partial charge >= 0.3 is 6.03 Å². The monoisotopic (exact) mass is 394 g/mol. The quantitative estimate of drug-likeness (QED) is 0.756. The first kappa shape index (κ1) is 19.6. The second-order valence-corrected chi connectivity index (χ2v) is 8.81. The number of sulfonamides is 1. The van der Waals surface area contributed by atoms with E-state index in [0.29, 0.717) is 56.7 Å². The number of urea groups is 1. The second-order valence-electron chi connectivity index (χ2n) is 6.94. The molecule has 0 aromatic heterocycles. The van der Waals surface area contributed by atoms with Crippen LogP contribution in [0, 0.1) is 0 Å². The molecule has 2 fully saturated rings. The van der Waals surface area contributed by atoms with Gasteiger partial charge in [-0.3, -0.25) is 9.69 Å². The van der Waals surface area contributed by atoms with Crippen LogP contribution in [-0.2, 0) is 10.0 Å². The Labute approximate surface area is 160 Å². The largest absolute Gasteiger partial charge is 0.339 e. The normalized spacial score (nSPS) is 18.6. The lowest BCUT2D eigenvalue weighted by Gasteiger charge is -2.32. The molecule has 148 valence electrons. The van der Waals surface area contributed by atoms with E-state index in [2.05, 4.69) is 10.0 Å². The van der Waals surface area contributed by atoms with Gasteiger partial charge in [0.25, 0.3) is 5.91 Å². The zero-order valence-electron chi connectivity index (χ0n) is 15.5. The maximum absolute atomic E-state index is 12.8. The molecule has 1 aromatic rings. The molecule has 0 aliphatic carbocycles. The fraction of sp³-hybridized carbons (Fsp3) is 0.556. The van der Waals surface area contributed by atoms with Crippen molar-refractivity contribution in [1.82, 2.24) is 14.9 Å². The maximum atomic E-state index is 12.8. The summed E-state index contributed by atoms with van der Waals surface area (Å²) in [5.74, 6) is 0.0366. The van der Waals surface area contributed by atoms with Crippen LogP contribution < -0.4 is 14.9 Å². The number of rotatable bonds is 6. The summed E-state index contributed by atoms with van der Waals surface area (Å²) >= 11 is 0. The smallest absolute Gasteiger partial charge is 0.321 e. The summed E-state index contributed by atoms with van der Waals surface area (Å²) < 4.78 is 26.5. The molecule has 2 heterocycles. The Bertz CT molecular complexity index is 803. The first-order chi connectivity index (χ1) is 12.9. The molecular formula is C18H26N4O4S. The molecule has 0 spiro atoms. The highest BCUT2D eigenvalue weighted by Gasteiger charge is 2.27. The Morgan fingerprint density at radius 1 is 1.26 bits per heavy atom. The second kappa shape index (κ2) is 8.26. The van der Waals surface area contributed by atoms with E-state index in [4.69, 9.17) is 0 Å². The van der Waals surface area contributed by atoms with Crippen molar-refractivity contribution in [3.8, 4) is 0 Å². The topological polar surface area (TPSA) is 98.8 Å². The number of nitrogens with zero attached hydrogens (tertiary/aromatic N) is 2. The van der Waals surface area contributed by atoms with Gasteiger partial charge in [0.15, 0.2) is 0 Å². The molecule has 0 unspecified atom stereocenters. The SMILES string of the molecule is CCCS(=O)(=O)NC1CCN(C(=O)c2cccc(N3CCNC3=O)c2)CC1. The highest BCUT2D eigenvalue weighted by atomic mass is 32.2. The van der Waals surface area contributed by atoms with Crippen LogP contribution in [0.2, 0.25) is 0 Å². The van der Waals surface area contributed by atoms with Crippen molar-refractivity contribution in [2.75, 3.05) is 36.8 Å². The minimum atomic E-state index is -3.24. The number of carbonyl (C=O) groups is 2. The van der Waals surface area contributed by atoms with Gasteiger partial charge < -0.3 is 10.2 Å². The van der Waals surface area contributed by atoms with Crippen LogP contribution >= 0.6 is 0 Å². The van der Waals surface area contributed by atoms with Crippen molar-refractivity contribution in [3.63, 3.8) is 0 Å². The Hall–Kier alpha value is -2.13. The van der Waals surface area contributed by atoms with Gasteiger partial charge in [-0.05, 0) is 37.5 Å². The molecule has 2 N–H and O–H groups in total. The van der Waals surface area contributed by atoms with Crippen LogP contribution in [0.5, 0.6) is 0 Å². The van der Waals surface area contributed by atoms with Gasteiger partial charge in [0, 0.05) is 43.5 Å². The molecular weight excluding hydrogens is 368 g/mol. The Morgan fingerprint density at radius 3 is 2.63 bits per heavy atom. The van der Waals surface area contributed by atoms with E-state index in [0.717, 1.165) is 0 Å². The molecule has 0 radical (unpaired) electrons. The van der Waals surface area contributed by atoms with Gasteiger partial charge in [-0.2, -0.15) is 0 Å². The number of hydrogen-bond acceptors (Lipinski definition) is 4. The average molecular weight is 394 g/mol. The van der Waals surface area contributed by atoms with Crippen LogP contribution in [-0.4, -0.2) is 63.2 Å². The van der Waals surface area contributed by atoms with Crippen molar-refractivity contribution in [2.24, 2.45) is 0 Å². The van der Waals surface area contributed by atoms with Crippen LogP contribution in [0.4, 0.5) is 10.5 Å². The highest BCUT2D eigenvalue weighted by Crippen LogP contribution is 2.21. The lowest BCUT2D eigenvalue weighted by molar-refractivity contribution is 0.0711. The van der Waals surface area contributed by atoms with Crippen LogP contribution in [0.3, 0.4) is 0 Å². The third-order valence-electron chi connectivity index (χ3n) is 4.86. The minimum absolute atomic E-state index is 0.0914. The molecule has 9 heteroatoms. The minimum Gasteiger partial charge on any atom is -0.339 e. The highest BCUT2D eigenvalue weighted by molar-refractivity contribution is 7.89. The predicted molar refractivity (Wildman–Crippen MR) is 103 cm³/mol. The zero-order valence-corrected chi connectivity index (χ0v) is 16.3. The van der Waals surface area contributed by atoms with E-state index >= 15 is 0 Å². The number of nitrogens with one attached hydrogen (secondary N) is 2. The molecule has 3 rings (SSSR count). The Morgan fingerprint density at radius 2 is 2.00 bits per heavy atom. The van der Waals surface area contributed by atoms with E-state index in [1.54, 1.807) is 28.0 Å². The lowest BCUT2D eigenvalue weighted by atomic mass is 10.0. The Kier molecular flexibility index (Phi) is 6.01. The van der Waals surface area contributed by atoms with Crippen molar-refractivity contribution < 1.29 is 18.0 Å².